The number of hydrogen-bond donors (Lipinski definition) is 0. The molecule has 0 saturated heterocycles. The maximum absolute atomic E-state index is 14.0. The SMILES string of the molecule is C/C=C(/C)C(=O)O[C@@H]1CC(C)(C)CC2C3=CCC4[C@@]5(C)CCC(=O)C(C)(C)C5CC[C@@]4(C)[C@]3(C)CC[C@]21C(=O)OC. The molecule has 3 unspecified atom stereocenters. The summed E-state index contributed by atoms with van der Waals surface area (Å²) in [5.74, 6) is 0.721. The number of carbonyl (C=O) groups is 3. The third-order valence-electron chi connectivity index (χ3n) is 13.9. The molecule has 5 rings (SSSR count). The molecule has 0 aromatic carbocycles. The van der Waals surface area contributed by atoms with Crippen LogP contribution < -0.4 is 0 Å². The number of methoxy groups -OCH3 is 1. The third-order valence-corrected chi connectivity index (χ3v) is 13.9. The molecule has 41 heavy (non-hydrogen) atoms. The minimum absolute atomic E-state index is 0.0335. The Balaban J connectivity index is 1.62. The monoisotopic (exact) mass is 566 g/mol. The molecule has 0 bridgehead atoms. The molecule has 4 saturated carbocycles. The predicted molar refractivity (Wildman–Crippen MR) is 161 cm³/mol. The zero-order valence-electron chi connectivity index (χ0n) is 27.4. The van der Waals surface area contributed by atoms with Crippen molar-refractivity contribution in [3.63, 3.8) is 0 Å². The number of esters is 2. The summed E-state index contributed by atoms with van der Waals surface area (Å²) in [6.07, 6.45) is 11.6. The maximum Gasteiger partial charge on any atom is 0.333 e. The molecule has 0 spiro atoms. The highest BCUT2D eigenvalue weighted by Crippen LogP contribution is 2.75. The Morgan fingerprint density at radius 3 is 2.27 bits per heavy atom. The Kier molecular flexibility index (Phi) is 7.11. The van der Waals surface area contributed by atoms with Crippen LogP contribution in [-0.2, 0) is 23.9 Å². The largest absolute Gasteiger partial charge is 0.468 e. The van der Waals surface area contributed by atoms with Crippen molar-refractivity contribution in [3.8, 4) is 0 Å². The lowest BCUT2D eigenvalue weighted by atomic mass is 9.33. The van der Waals surface area contributed by atoms with E-state index in [1.807, 2.05) is 6.92 Å². The molecule has 0 radical (unpaired) electrons. The molecular weight excluding hydrogens is 512 g/mol. The van der Waals surface area contributed by atoms with Crippen molar-refractivity contribution in [2.24, 2.45) is 50.2 Å². The fourth-order valence-electron chi connectivity index (χ4n) is 11.3. The quantitative estimate of drug-likeness (QED) is 0.197. The number of fused-ring (bicyclic) bond motifs is 7. The number of ketones is 1. The Hall–Kier alpha value is -1.91. The molecular formula is C36H54O5. The summed E-state index contributed by atoms with van der Waals surface area (Å²) >= 11 is 0. The predicted octanol–water partition coefficient (Wildman–Crippen LogP) is 8.02. The van der Waals surface area contributed by atoms with Crippen LogP contribution in [0.25, 0.3) is 0 Å². The third kappa shape index (κ3) is 4.02. The summed E-state index contributed by atoms with van der Waals surface area (Å²) in [5.41, 5.74) is 0.833. The van der Waals surface area contributed by atoms with E-state index in [-0.39, 0.29) is 44.9 Å². The molecule has 5 heteroatoms. The van der Waals surface area contributed by atoms with Crippen molar-refractivity contribution in [3.05, 3.63) is 23.3 Å². The van der Waals surface area contributed by atoms with E-state index in [1.165, 1.54) is 12.7 Å². The van der Waals surface area contributed by atoms with Gasteiger partial charge >= 0.3 is 11.9 Å². The topological polar surface area (TPSA) is 69.7 Å². The van der Waals surface area contributed by atoms with Crippen LogP contribution in [0.5, 0.6) is 0 Å². The lowest BCUT2D eigenvalue weighted by Gasteiger charge is -2.70. The van der Waals surface area contributed by atoms with Crippen molar-refractivity contribution in [2.45, 2.75) is 126 Å². The average Bonchev–Trinajstić information content (AvgIpc) is 2.90. The lowest BCUT2D eigenvalue weighted by molar-refractivity contribution is -0.207. The molecule has 0 aromatic rings. The van der Waals surface area contributed by atoms with Crippen molar-refractivity contribution < 1.29 is 23.9 Å². The molecule has 5 aliphatic rings. The van der Waals surface area contributed by atoms with E-state index in [0.29, 0.717) is 42.5 Å². The summed E-state index contributed by atoms with van der Waals surface area (Å²) in [4.78, 5) is 40.2. The molecule has 5 nitrogen and oxygen atoms in total. The van der Waals surface area contributed by atoms with E-state index in [4.69, 9.17) is 9.47 Å². The van der Waals surface area contributed by atoms with Gasteiger partial charge in [-0.2, -0.15) is 0 Å². The van der Waals surface area contributed by atoms with E-state index < -0.39 is 11.5 Å². The van der Waals surface area contributed by atoms with Crippen LogP contribution in [0.2, 0.25) is 0 Å². The molecule has 0 heterocycles. The highest BCUT2D eigenvalue weighted by atomic mass is 16.6. The Bertz CT molecular complexity index is 1210. The second kappa shape index (κ2) is 9.55. The number of allylic oxidation sites excluding steroid dienone is 3. The molecule has 4 fully saturated rings. The van der Waals surface area contributed by atoms with Gasteiger partial charge in [0, 0.05) is 23.3 Å². The Morgan fingerprint density at radius 2 is 1.63 bits per heavy atom. The van der Waals surface area contributed by atoms with Gasteiger partial charge in [0.1, 0.15) is 17.3 Å². The highest BCUT2D eigenvalue weighted by Gasteiger charge is 2.71. The molecule has 8 atom stereocenters. The maximum atomic E-state index is 14.0. The summed E-state index contributed by atoms with van der Waals surface area (Å²) in [6, 6.07) is 0. The van der Waals surface area contributed by atoms with Crippen LogP contribution >= 0.6 is 0 Å². The summed E-state index contributed by atoms with van der Waals surface area (Å²) in [7, 11) is 1.48. The van der Waals surface area contributed by atoms with Gasteiger partial charge in [-0.1, -0.05) is 66.2 Å². The molecule has 5 aliphatic carbocycles. The van der Waals surface area contributed by atoms with Crippen LogP contribution in [0.1, 0.15) is 120 Å². The standard InChI is InChI=1S/C36H54O5/c1-11-22(2)29(38)41-28-21-31(3,4)20-24-23-12-13-26-33(7)16-15-27(37)32(5,6)25(33)14-17-35(26,9)34(23,8)18-19-36(24,28)30(39)40-10/h11-12,24-26,28H,13-21H2,1-10H3/b22-11-/t24?,25?,26?,28-,33+,34-,35-,36+/m1/s1. The van der Waals surface area contributed by atoms with Gasteiger partial charge in [-0.25, -0.2) is 4.79 Å². The smallest absolute Gasteiger partial charge is 0.333 e. The fraction of sp³-hybridized carbons (Fsp3) is 0.806. The molecule has 0 amide bonds. The average molecular weight is 567 g/mol. The summed E-state index contributed by atoms with van der Waals surface area (Å²) in [6.45, 7) is 20.0. The van der Waals surface area contributed by atoms with Gasteiger partial charge in [0.25, 0.3) is 0 Å². The number of hydrogen-bond acceptors (Lipinski definition) is 5. The van der Waals surface area contributed by atoms with Gasteiger partial charge < -0.3 is 9.47 Å². The van der Waals surface area contributed by atoms with Crippen LogP contribution in [0.4, 0.5) is 0 Å². The first kappa shape index (κ1) is 30.5. The second-order valence-corrected chi connectivity index (χ2v) is 16.5. The van der Waals surface area contributed by atoms with Crippen LogP contribution in [-0.4, -0.2) is 30.9 Å². The normalized spacial score (nSPS) is 44.8. The molecule has 228 valence electrons. The van der Waals surface area contributed by atoms with Gasteiger partial charge in [0.2, 0.25) is 0 Å². The summed E-state index contributed by atoms with van der Waals surface area (Å²) < 4.78 is 11.8. The minimum atomic E-state index is -0.872. The van der Waals surface area contributed by atoms with E-state index in [0.717, 1.165) is 38.5 Å². The number of ether oxygens (including phenoxy) is 2. The van der Waals surface area contributed by atoms with E-state index >= 15 is 0 Å². The number of Topliss-reactive ketones (excluding diaryl/α,β-unsaturated/α-hetero) is 1. The zero-order valence-corrected chi connectivity index (χ0v) is 27.4. The van der Waals surface area contributed by atoms with Crippen molar-refractivity contribution >= 4 is 17.7 Å². The Morgan fingerprint density at radius 1 is 0.951 bits per heavy atom. The van der Waals surface area contributed by atoms with Gasteiger partial charge in [-0.3, -0.25) is 9.59 Å². The van der Waals surface area contributed by atoms with Crippen molar-refractivity contribution in [1.82, 2.24) is 0 Å². The second-order valence-electron chi connectivity index (χ2n) is 16.5. The first-order valence-corrected chi connectivity index (χ1v) is 16.1. The van der Waals surface area contributed by atoms with E-state index in [1.54, 1.807) is 13.0 Å². The van der Waals surface area contributed by atoms with Crippen molar-refractivity contribution in [1.29, 1.82) is 0 Å². The minimum Gasteiger partial charge on any atom is -0.468 e. The first-order valence-electron chi connectivity index (χ1n) is 16.1. The van der Waals surface area contributed by atoms with Gasteiger partial charge in [0.15, 0.2) is 0 Å². The number of carbonyl (C=O) groups excluding carboxylic acids is 3. The van der Waals surface area contributed by atoms with Gasteiger partial charge in [-0.15, -0.1) is 0 Å². The summed E-state index contributed by atoms with van der Waals surface area (Å²) in [5, 5.41) is 0. The molecule has 0 aliphatic heterocycles. The van der Waals surface area contributed by atoms with Crippen LogP contribution in [0, 0.1) is 50.2 Å². The highest BCUT2D eigenvalue weighted by molar-refractivity contribution is 5.88. The van der Waals surface area contributed by atoms with Gasteiger partial charge in [-0.05, 0) is 98.7 Å². The Labute approximate surface area is 248 Å². The fourth-order valence-corrected chi connectivity index (χ4v) is 11.3. The van der Waals surface area contributed by atoms with Crippen LogP contribution in [0.3, 0.4) is 0 Å². The molecule has 0 N–H and O–H groups in total. The number of rotatable bonds is 3. The zero-order chi connectivity index (χ0) is 30.4. The molecule has 0 aromatic heterocycles. The van der Waals surface area contributed by atoms with E-state index in [9.17, 15) is 14.4 Å². The van der Waals surface area contributed by atoms with Gasteiger partial charge in [0.05, 0.1) is 7.11 Å². The van der Waals surface area contributed by atoms with E-state index in [2.05, 4.69) is 54.5 Å². The van der Waals surface area contributed by atoms with Crippen LogP contribution in [0.15, 0.2) is 23.3 Å². The lowest BCUT2D eigenvalue weighted by Crippen LogP contribution is -2.66. The first-order chi connectivity index (χ1) is 18.9. The van der Waals surface area contributed by atoms with Crippen molar-refractivity contribution in [2.75, 3.05) is 7.11 Å².